The predicted molar refractivity (Wildman–Crippen MR) is 107 cm³/mol. The van der Waals surface area contributed by atoms with Gasteiger partial charge in [0.05, 0.1) is 13.0 Å². The van der Waals surface area contributed by atoms with E-state index in [1.807, 2.05) is 24.0 Å². The van der Waals surface area contributed by atoms with E-state index in [9.17, 15) is 4.79 Å². The highest BCUT2D eigenvalue weighted by Gasteiger charge is 2.27. The lowest BCUT2D eigenvalue weighted by Crippen LogP contribution is -2.47. The van der Waals surface area contributed by atoms with Crippen LogP contribution in [0.3, 0.4) is 0 Å². The van der Waals surface area contributed by atoms with Gasteiger partial charge in [0.2, 0.25) is 5.91 Å². The highest BCUT2D eigenvalue weighted by atomic mass is 16.5. The van der Waals surface area contributed by atoms with Crippen LogP contribution in [-0.2, 0) is 4.79 Å². The summed E-state index contributed by atoms with van der Waals surface area (Å²) in [5.74, 6) is 0.976. The van der Waals surface area contributed by atoms with Crippen LogP contribution in [0.15, 0.2) is 36.4 Å². The molecule has 2 aromatic rings. The summed E-state index contributed by atoms with van der Waals surface area (Å²) in [6.07, 6.45) is 2.07. The predicted octanol–water partition coefficient (Wildman–Crippen LogP) is 3.94. The number of fused-ring (bicyclic) bond motifs is 1. The minimum Gasteiger partial charge on any atom is -0.497 e. The van der Waals surface area contributed by atoms with E-state index in [1.165, 1.54) is 0 Å². The summed E-state index contributed by atoms with van der Waals surface area (Å²) in [6, 6.07) is 13.3. The molecule has 3 rings (SSSR count). The number of nitrogens with zero attached hydrogens (tertiary/aromatic N) is 1. The number of benzene rings is 2. The maximum atomic E-state index is 12.9. The molecule has 1 aliphatic rings. The van der Waals surface area contributed by atoms with Crippen molar-refractivity contribution in [2.45, 2.75) is 51.6 Å². The molecule has 1 fully saturated rings. The van der Waals surface area contributed by atoms with Crippen molar-refractivity contribution in [2.75, 3.05) is 20.2 Å². The number of carbonyl (C=O) groups is 1. The monoisotopic (exact) mass is 354 g/mol. The summed E-state index contributed by atoms with van der Waals surface area (Å²) in [6.45, 7) is 8.06. The summed E-state index contributed by atoms with van der Waals surface area (Å²) in [4.78, 5) is 15.0. The second kappa shape index (κ2) is 8.09. The van der Waals surface area contributed by atoms with Crippen LogP contribution in [0.25, 0.3) is 10.8 Å². The molecular formula is C22H30N2O2. The number of nitrogens with one attached hydrogen (secondary N) is 1. The number of methoxy groups -OCH3 is 1. The second-order valence-corrected chi connectivity index (χ2v) is 7.62. The Labute approximate surface area is 156 Å². The summed E-state index contributed by atoms with van der Waals surface area (Å²) in [5.41, 5.74) is 1.08. The summed E-state index contributed by atoms with van der Waals surface area (Å²) < 4.78 is 5.28. The molecule has 1 unspecified atom stereocenters. The fraction of sp³-hybridized carbons (Fsp3) is 0.500. The van der Waals surface area contributed by atoms with Gasteiger partial charge < -0.3 is 15.0 Å². The largest absolute Gasteiger partial charge is 0.497 e. The molecular weight excluding hydrogens is 324 g/mol. The van der Waals surface area contributed by atoms with E-state index in [0.29, 0.717) is 12.1 Å². The normalized spacial score (nSPS) is 16.9. The Morgan fingerprint density at radius 1 is 1.08 bits per heavy atom. The lowest BCUT2D eigenvalue weighted by Gasteiger charge is -2.35. The van der Waals surface area contributed by atoms with Gasteiger partial charge in [-0.3, -0.25) is 4.79 Å². The van der Waals surface area contributed by atoms with Gasteiger partial charge in [-0.25, -0.2) is 0 Å². The highest BCUT2D eigenvalue weighted by molar-refractivity contribution is 5.88. The average Bonchev–Trinajstić information content (AvgIpc) is 2.66. The quantitative estimate of drug-likeness (QED) is 0.884. The van der Waals surface area contributed by atoms with Gasteiger partial charge in [0, 0.05) is 25.2 Å². The lowest BCUT2D eigenvalue weighted by atomic mass is 9.95. The van der Waals surface area contributed by atoms with E-state index in [-0.39, 0.29) is 11.8 Å². The van der Waals surface area contributed by atoms with Crippen molar-refractivity contribution in [2.24, 2.45) is 0 Å². The zero-order chi connectivity index (χ0) is 18.7. The Kier molecular flexibility index (Phi) is 5.82. The number of hydrogen-bond donors (Lipinski definition) is 1. The summed E-state index contributed by atoms with van der Waals surface area (Å²) in [5, 5.41) is 5.86. The Hall–Kier alpha value is -2.07. The van der Waals surface area contributed by atoms with E-state index in [1.54, 1.807) is 7.11 Å². The fourth-order valence-corrected chi connectivity index (χ4v) is 3.79. The Morgan fingerprint density at radius 2 is 1.73 bits per heavy atom. The van der Waals surface area contributed by atoms with E-state index < -0.39 is 0 Å². The molecule has 1 aliphatic heterocycles. The van der Waals surface area contributed by atoms with Gasteiger partial charge in [0.1, 0.15) is 5.75 Å². The maximum Gasteiger partial charge on any atom is 0.229 e. The van der Waals surface area contributed by atoms with Crippen molar-refractivity contribution in [3.8, 4) is 5.75 Å². The number of likely N-dealkylation sites (tertiary alicyclic amines) is 1. The van der Waals surface area contributed by atoms with E-state index >= 15 is 0 Å². The zero-order valence-electron chi connectivity index (χ0n) is 16.3. The van der Waals surface area contributed by atoms with Gasteiger partial charge in [-0.05, 0) is 48.2 Å². The van der Waals surface area contributed by atoms with Crippen LogP contribution in [0.5, 0.6) is 5.75 Å². The Morgan fingerprint density at radius 3 is 2.38 bits per heavy atom. The van der Waals surface area contributed by atoms with Gasteiger partial charge in [-0.15, -0.1) is 0 Å². The molecule has 1 atom stereocenters. The van der Waals surface area contributed by atoms with Crippen LogP contribution < -0.4 is 10.1 Å². The topological polar surface area (TPSA) is 41.6 Å². The number of piperidine rings is 1. The maximum absolute atomic E-state index is 12.9. The van der Waals surface area contributed by atoms with Gasteiger partial charge >= 0.3 is 0 Å². The van der Waals surface area contributed by atoms with E-state index in [4.69, 9.17) is 4.74 Å². The molecule has 4 heteroatoms. The molecule has 0 spiro atoms. The van der Waals surface area contributed by atoms with Crippen molar-refractivity contribution in [1.82, 2.24) is 10.2 Å². The number of ether oxygens (including phenoxy) is 1. The number of amides is 1. The first-order chi connectivity index (χ1) is 12.5. The summed E-state index contributed by atoms with van der Waals surface area (Å²) in [7, 11) is 1.68. The molecule has 140 valence electrons. The van der Waals surface area contributed by atoms with Crippen molar-refractivity contribution >= 4 is 16.7 Å². The Bertz CT molecular complexity index is 764. The van der Waals surface area contributed by atoms with Gasteiger partial charge in [-0.1, -0.05) is 38.1 Å². The van der Waals surface area contributed by atoms with Crippen LogP contribution in [-0.4, -0.2) is 43.1 Å². The van der Waals surface area contributed by atoms with Gasteiger partial charge in [0.15, 0.2) is 0 Å². The minimum absolute atomic E-state index is 0.115. The average molecular weight is 354 g/mol. The van der Waals surface area contributed by atoms with Crippen molar-refractivity contribution in [3.63, 3.8) is 0 Å². The molecule has 2 aromatic carbocycles. The fourth-order valence-electron chi connectivity index (χ4n) is 3.79. The number of hydrogen-bond acceptors (Lipinski definition) is 3. The molecule has 1 N–H and O–H groups in total. The van der Waals surface area contributed by atoms with Crippen LogP contribution in [0.1, 0.15) is 45.1 Å². The molecule has 1 saturated heterocycles. The van der Waals surface area contributed by atoms with Crippen LogP contribution in [0, 0.1) is 0 Å². The van der Waals surface area contributed by atoms with Crippen molar-refractivity contribution in [3.05, 3.63) is 42.0 Å². The molecule has 4 nitrogen and oxygen atoms in total. The van der Waals surface area contributed by atoms with Crippen LogP contribution in [0.2, 0.25) is 0 Å². The van der Waals surface area contributed by atoms with E-state index in [2.05, 4.69) is 43.4 Å². The van der Waals surface area contributed by atoms with Crippen molar-refractivity contribution in [1.29, 1.82) is 0 Å². The van der Waals surface area contributed by atoms with Crippen LogP contribution in [0.4, 0.5) is 0 Å². The molecule has 1 heterocycles. The molecule has 0 saturated carbocycles. The smallest absolute Gasteiger partial charge is 0.229 e. The highest BCUT2D eigenvalue weighted by Crippen LogP contribution is 2.27. The Balaban J connectivity index is 1.68. The molecule has 0 aromatic heterocycles. The molecule has 1 amide bonds. The first kappa shape index (κ1) is 18.7. The summed E-state index contributed by atoms with van der Waals surface area (Å²) >= 11 is 0. The molecule has 0 aliphatic carbocycles. The SMILES string of the molecule is COc1ccc2cc(C(C)C(=O)N3CCC(NC(C)C)CC3)ccc2c1. The molecule has 0 radical (unpaired) electrons. The second-order valence-electron chi connectivity index (χ2n) is 7.62. The molecule has 26 heavy (non-hydrogen) atoms. The van der Waals surface area contributed by atoms with Crippen LogP contribution >= 0.6 is 0 Å². The number of rotatable bonds is 5. The third kappa shape index (κ3) is 4.18. The third-order valence-corrected chi connectivity index (χ3v) is 5.32. The third-order valence-electron chi connectivity index (χ3n) is 5.32. The first-order valence-electron chi connectivity index (χ1n) is 9.60. The zero-order valence-corrected chi connectivity index (χ0v) is 16.3. The van der Waals surface area contributed by atoms with Gasteiger partial charge in [0.25, 0.3) is 0 Å². The van der Waals surface area contributed by atoms with Crippen molar-refractivity contribution < 1.29 is 9.53 Å². The minimum atomic E-state index is -0.115. The lowest BCUT2D eigenvalue weighted by molar-refractivity contribution is -0.133. The standard InChI is InChI=1S/C22H30N2O2/c1-15(2)23-20-9-11-24(12-10-20)22(25)16(3)17-5-6-19-14-21(26-4)8-7-18(19)13-17/h5-8,13-16,20,23H,9-12H2,1-4H3. The van der Waals surface area contributed by atoms with E-state index in [0.717, 1.165) is 48.0 Å². The number of carbonyl (C=O) groups excluding carboxylic acids is 1. The van der Waals surface area contributed by atoms with Gasteiger partial charge in [-0.2, -0.15) is 0 Å². The molecule has 0 bridgehead atoms. The first-order valence-corrected chi connectivity index (χ1v) is 9.60.